The molecular weight excluding hydrogens is 404 g/mol. The van der Waals surface area contributed by atoms with E-state index < -0.39 is 33.1 Å². The first-order chi connectivity index (χ1) is 13.8. The van der Waals surface area contributed by atoms with Crippen LogP contribution in [0.2, 0.25) is 0 Å². The van der Waals surface area contributed by atoms with Crippen LogP contribution in [-0.2, 0) is 24.8 Å². The first-order valence-electron chi connectivity index (χ1n) is 9.60. The fourth-order valence-electron chi connectivity index (χ4n) is 4.05. The Balaban J connectivity index is 1.90. The Bertz CT molecular complexity index is 1190. The van der Waals surface area contributed by atoms with Gasteiger partial charge in [-0.2, -0.15) is 0 Å². The molecule has 0 aliphatic carbocycles. The number of hydrogen-bond acceptors (Lipinski definition) is 6. The third-order valence-electron chi connectivity index (χ3n) is 5.79. The molecule has 0 saturated carbocycles. The summed E-state index contributed by atoms with van der Waals surface area (Å²) < 4.78 is 34.8. The van der Waals surface area contributed by atoms with Gasteiger partial charge >= 0.3 is 5.97 Å². The Kier molecular flexibility index (Phi) is 4.42. The van der Waals surface area contributed by atoms with Crippen molar-refractivity contribution in [1.29, 1.82) is 0 Å². The second-order valence-corrected chi connectivity index (χ2v) is 10.9. The molecule has 0 aromatic heterocycles. The molecule has 2 heterocycles. The first kappa shape index (κ1) is 20.6. The van der Waals surface area contributed by atoms with Gasteiger partial charge in [0.05, 0.1) is 15.9 Å². The van der Waals surface area contributed by atoms with Crippen LogP contribution in [0, 0.1) is 0 Å². The van der Waals surface area contributed by atoms with Gasteiger partial charge in [-0.3, -0.25) is 0 Å². The van der Waals surface area contributed by atoms with Crippen LogP contribution in [0.15, 0.2) is 47.4 Å². The maximum Gasteiger partial charge on any atom is 0.340 e. The van der Waals surface area contributed by atoms with Crippen LogP contribution in [0.3, 0.4) is 0 Å². The van der Waals surface area contributed by atoms with Crippen molar-refractivity contribution in [3.8, 4) is 5.75 Å². The zero-order valence-electron chi connectivity index (χ0n) is 17.5. The van der Waals surface area contributed by atoms with E-state index in [0.29, 0.717) is 28.0 Å². The normalized spacial score (nSPS) is 21.9. The quantitative estimate of drug-likeness (QED) is 0.755. The third kappa shape index (κ3) is 3.13. The number of rotatable bonds is 3. The molecule has 0 radical (unpaired) electrons. The van der Waals surface area contributed by atoms with Gasteiger partial charge in [-0.1, -0.05) is 18.2 Å². The maximum absolute atomic E-state index is 12.9. The standard InChI is InChI=1S/C23H24O6S/c1-22(2)16-12-14(8-11-17(16)28-21(22)25)18-19(23(3,4)29-20(18)24)13-6-9-15(10-7-13)30(5,26)27/h6-12,21,25H,1-5H3. The van der Waals surface area contributed by atoms with Gasteiger partial charge in [0, 0.05) is 17.4 Å². The smallest absolute Gasteiger partial charge is 0.340 e. The molecule has 0 bridgehead atoms. The van der Waals surface area contributed by atoms with E-state index in [9.17, 15) is 18.3 Å². The van der Waals surface area contributed by atoms with E-state index in [1.54, 1.807) is 24.3 Å². The minimum Gasteiger partial charge on any atom is -0.464 e. The molecule has 0 fully saturated rings. The number of carbonyl (C=O) groups excluding carboxylic acids is 1. The average molecular weight is 429 g/mol. The highest BCUT2D eigenvalue weighted by molar-refractivity contribution is 7.90. The molecule has 1 N–H and O–H groups in total. The monoisotopic (exact) mass is 428 g/mol. The van der Waals surface area contributed by atoms with Crippen molar-refractivity contribution in [1.82, 2.24) is 0 Å². The molecular formula is C23H24O6S. The number of cyclic esters (lactones) is 1. The molecule has 2 aliphatic rings. The van der Waals surface area contributed by atoms with E-state index in [-0.39, 0.29) is 4.90 Å². The lowest BCUT2D eigenvalue weighted by Crippen LogP contribution is -2.31. The molecule has 1 unspecified atom stereocenters. The summed E-state index contributed by atoms with van der Waals surface area (Å²) in [5.74, 6) is 0.140. The molecule has 0 amide bonds. The van der Waals surface area contributed by atoms with E-state index in [1.165, 1.54) is 12.1 Å². The van der Waals surface area contributed by atoms with E-state index in [2.05, 4.69) is 0 Å². The van der Waals surface area contributed by atoms with Crippen molar-refractivity contribution in [2.75, 3.05) is 6.26 Å². The molecule has 1 atom stereocenters. The molecule has 2 aliphatic heterocycles. The molecule has 2 aromatic rings. The molecule has 4 rings (SSSR count). The summed E-state index contributed by atoms with van der Waals surface area (Å²) in [6.07, 6.45) is 0.188. The largest absolute Gasteiger partial charge is 0.464 e. The van der Waals surface area contributed by atoms with E-state index in [1.807, 2.05) is 33.8 Å². The number of sulfone groups is 1. The lowest BCUT2D eigenvalue weighted by Gasteiger charge is -2.22. The Hall–Kier alpha value is -2.64. The van der Waals surface area contributed by atoms with Crippen molar-refractivity contribution < 1.29 is 27.8 Å². The Morgan fingerprint density at radius 3 is 2.17 bits per heavy atom. The number of aliphatic hydroxyl groups excluding tert-OH is 1. The van der Waals surface area contributed by atoms with Crippen LogP contribution in [0.4, 0.5) is 0 Å². The van der Waals surface area contributed by atoms with Gasteiger partial charge in [0.15, 0.2) is 9.84 Å². The predicted molar refractivity (Wildman–Crippen MR) is 113 cm³/mol. The van der Waals surface area contributed by atoms with E-state index in [0.717, 1.165) is 11.8 Å². The molecule has 2 aromatic carbocycles. The highest BCUT2D eigenvalue weighted by atomic mass is 32.2. The molecule has 158 valence electrons. The maximum atomic E-state index is 12.9. The van der Waals surface area contributed by atoms with Gasteiger partial charge in [-0.15, -0.1) is 0 Å². The van der Waals surface area contributed by atoms with E-state index in [4.69, 9.17) is 9.47 Å². The summed E-state index contributed by atoms with van der Waals surface area (Å²) in [4.78, 5) is 13.1. The number of esters is 1. The Labute approximate surface area is 176 Å². The van der Waals surface area contributed by atoms with Crippen LogP contribution in [-0.4, -0.2) is 37.6 Å². The number of aliphatic hydroxyl groups is 1. The number of carbonyl (C=O) groups is 1. The highest BCUT2D eigenvalue weighted by Crippen LogP contribution is 2.47. The number of benzene rings is 2. The molecule has 0 spiro atoms. The molecule has 0 saturated heterocycles. The van der Waals surface area contributed by atoms with Crippen molar-refractivity contribution >= 4 is 27.0 Å². The summed E-state index contributed by atoms with van der Waals surface area (Å²) in [7, 11) is -3.33. The molecule has 7 heteroatoms. The summed E-state index contributed by atoms with van der Waals surface area (Å²) in [6, 6.07) is 11.8. The minimum absolute atomic E-state index is 0.210. The summed E-state index contributed by atoms with van der Waals surface area (Å²) in [5.41, 5.74) is 1.79. The fraction of sp³-hybridized carbons (Fsp3) is 0.348. The molecule has 6 nitrogen and oxygen atoms in total. The first-order valence-corrected chi connectivity index (χ1v) is 11.5. The number of hydrogen-bond donors (Lipinski definition) is 1. The molecule has 30 heavy (non-hydrogen) atoms. The Morgan fingerprint density at radius 2 is 1.57 bits per heavy atom. The van der Waals surface area contributed by atoms with Crippen molar-refractivity contribution in [2.45, 2.75) is 49.9 Å². The van der Waals surface area contributed by atoms with Crippen LogP contribution in [0.25, 0.3) is 11.1 Å². The third-order valence-corrected chi connectivity index (χ3v) is 6.92. The highest BCUT2D eigenvalue weighted by Gasteiger charge is 2.44. The minimum atomic E-state index is -3.33. The predicted octanol–water partition coefficient (Wildman–Crippen LogP) is 3.32. The number of fused-ring (bicyclic) bond motifs is 1. The topological polar surface area (TPSA) is 89.9 Å². The lowest BCUT2D eigenvalue weighted by molar-refractivity contribution is -0.141. The van der Waals surface area contributed by atoms with Crippen molar-refractivity contribution in [2.24, 2.45) is 0 Å². The second kappa shape index (κ2) is 6.43. The van der Waals surface area contributed by atoms with Gasteiger partial charge in [0.1, 0.15) is 11.4 Å². The van der Waals surface area contributed by atoms with Crippen LogP contribution in [0.1, 0.15) is 44.4 Å². The number of ether oxygens (including phenoxy) is 2. The van der Waals surface area contributed by atoms with Crippen molar-refractivity contribution in [3.63, 3.8) is 0 Å². The average Bonchev–Trinajstić information content (AvgIpc) is 3.02. The second-order valence-electron chi connectivity index (χ2n) is 8.85. The van der Waals surface area contributed by atoms with Crippen LogP contribution < -0.4 is 4.74 Å². The fourth-order valence-corrected chi connectivity index (χ4v) is 4.68. The summed E-state index contributed by atoms with van der Waals surface area (Å²) >= 11 is 0. The van der Waals surface area contributed by atoms with Gasteiger partial charge in [-0.05, 0) is 63.1 Å². The summed E-state index contributed by atoms with van der Waals surface area (Å²) in [5, 5.41) is 10.2. The van der Waals surface area contributed by atoms with Gasteiger partial charge < -0.3 is 14.6 Å². The van der Waals surface area contributed by atoms with Crippen molar-refractivity contribution in [3.05, 3.63) is 59.2 Å². The van der Waals surface area contributed by atoms with Gasteiger partial charge in [-0.25, -0.2) is 13.2 Å². The Morgan fingerprint density at radius 1 is 0.967 bits per heavy atom. The summed E-state index contributed by atoms with van der Waals surface area (Å²) in [6.45, 7) is 7.37. The SMILES string of the molecule is CC1(C)OC(=O)C(c2ccc3c(c2)C(C)(C)C(O)O3)=C1c1ccc(S(C)(=O)=O)cc1. The van der Waals surface area contributed by atoms with Crippen LogP contribution >= 0.6 is 0 Å². The zero-order chi connectivity index (χ0) is 22.1. The lowest BCUT2D eigenvalue weighted by atomic mass is 9.82. The van der Waals surface area contributed by atoms with Gasteiger partial charge in [0.25, 0.3) is 0 Å². The zero-order valence-corrected chi connectivity index (χ0v) is 18.3. The van der Waals surface area contributed by atoms with E-state index >= 15 is 0 Å². The van der Waals surface area contributed by atoms with Crippen LogP contribution in [0.5, 0.6) is 5.75 Å². The van der Waals surface area contributed by atoms with Gasteiger partial charge in [0.2, 0.25) is 6.29 Å².